The van der Waals surface area contributed by atoms with E-state index in [4.69, 9.17) is 4.52 Å². The molecule has 7 heteroatoms. The van der Waals surface area contributed by atoms with E-state index in [1.54, 1.807) is 0 Å². The molecule has 0 aromatic heterocycles. The molecule has 0 aromatic carbocycles. The maximum atomic E-state index is 11.5. The molecule has 0 saturated carbocycles. The van der Waals surface area contributed by atoms with Gasteiger partial charge in [0, 0.05) is 19.9 Å². The first-order chi connectivity index (χ1) is 6.44. The molecule has 0 spiro atoms. The quantitative estimate of drug-likeness (QED) is 0.521. The molecule has 0 bridgehead atoms. The van der Waals surface area contributed by atoms with Crippen LogP contribution < -0.4 is 10.6 Å². The minimum absolute atomic E-state index is 0.280. The van der Waals surface area contributed by atoms with Gasteiger partial charge in [0.25, 0.3) is 5.91 Å². The van der Waals surface area contributed by atoms with Gasteiger partial charge in [-0.05, 0) is 6.42 Å². The summed E-state index contributed by atoms with van der Waals surface area (Å²) >= 11 is 0. The number of carbonyl (C=O) groups is 2. The van der Waals surface area contributed by atoms with Gasteiger partial charge in [-0.15, -0.1) is 0 Å². The van der Waals surface area contributed by atoms with Crippen LogP contribution >= 0.6 is 7.37 Å². The van der Waals surface area contributed by atoms with Crippen LogP contribution in [0, 0.1) is 0 Å². The highest BCUT2D eigenvalue weighted by Gasteiger charge is 2.30. The number of carbonyl (C=O) groups excluding carboxylic acids is 2. The first-order valence-corrected chi connectivity index (χ1v) is 6.44. The van der Waals surface area contributed by atoms with Crippen molar-refractivity contribution in [3.05, 3.63) is 0 Å². The van der Waals surface area contributed by atoms with Crippen LogP contribution in [0.5, 0.6) is 0 Å². The maximum Gasteiger partial charge on any atom is 0.322 e. The zero-order valence-electron chi connectivity index (χ0n) is 8.07. The summed E-state index contributed by atoms with van der Waals surface area (Å²) in [5.41, 5.74) is 0. The van der Waals surface area contributed by atoms with Gasteiger partial charge in [-0.1, -0.05) is 0 Å². The van der Waals surface area contributed by atoms with Gasteiger partial charge in [-0.2, -0.15) is 0 Å². The summed E-state index contributed by atoms with van der Waals surface area (Å²) in [5.74, 6) is -0.369. The van der Waals surface area contributed by atoms with Gasteiger partial charge in [0.15, 0.2) is 7.37 Å². The lowest BCUT2D eigenvalue weighted by atomic mass is 10.2. The molecule has 3 amide bonds. The van der Waals surface area contributed by atoms with E-state index in [1.807, 2.05) is 0 Å². The second-order valence-electron chi connectivity index (χ2n) is 3.22. The van der Waals surface area contributed by atoms with E-state index >= 15 is 0 Å². The Hall–Kier alpha value is -0.870. The number of rotatable bonds is 4. The zero-order valence-corrected chi connectivity index (χ0v) is 8.97. The van der Waals surface area contributed by atoms with Crippen LogP contribution in [0.2, 0.25) is 0 Å². The molecule has 0 aromatic rings. The Morgan fingerprint density at radius 2 is 2.14 bits per heavy atom. The Bertz CT molecular complexity index is 304. The van der Waals surface area contributed by atoms with E-state index < -0.39 is 19.4 Å². The summed E-state index contributed by atoms with van der Waals surface area (Å²) in [6.07, 6.45) is 0.612. The average Bonchev–Trinajstić information content (AvgIpc) is 2.42. The number of hydrogen-bond donors (Lipinski definition) is 2. The van der Waals surface area contributed by atoms with Gasteiger partial charge in [-0.3, -0.25) is 14.7 Å². The van der Waals surface area contributed by atoms with Crippen molar-refractivity contribution in [2.24, 2.45) is 0 Å². The van der Waals surface area contributed by atoms with Crippen LogP contribution in [0.25, 0.3) is 0 Å². The molecular weight excluding hydrogens is 207 g/mol. The summed E-state index contributed by atoms with van der Waals surface area (Å²) < 4.78 is 16.2. The van der Waals surface area contributed by atoms with Crippen LogP contribution in [0.3, 0.4) is 0 Å². The molecule has 1 heterocycles. The lowest BCUT2D eigenvalue weighted by Gasteiger charge is -2.12. The second-order valence-corrected chi connectivity index (χ2v) is 6.06. The highest BCUT2D eigenvalue weighted by molar-refractivity contribution is 7.58. The second kappa shape index (κ2) is 4.11. The molecule has 0 radical (unpaired) electrons. The molecular formula is C7H13N2O4P. The number of hydrogen-bond acceptors (Lipinski definition) is 4. The largest absolute Gasteiger partial charge is 0.332 e. The predicted molar refractivity (Wildman–Crippen MR) is 50.5 cm³/mol. The number of nitrogens with one attached hydrogen (secondary N) is 2. The van der Waals surface area contributed by atoms with Crippen molar-refractivity contribution in [3.63, 3.8) is 0 Å². The van der Waals surface area contributed by atoms with Gasteiger partial charge in [-0.25, -0.2) is 4.79 Å². The molecule has 80 valence electrons. The fourth-order valence-electron chi connectivity index (χ4n) is 1.12. The SMILES string of the molecule is COP(C)(=O)CCC1NC(=O)NC1=O. The van der Waals surface area contributed by atoms with Crippen molar-refractivity contribution in [1.82, 2.24) is 10.6 Å². The molecule has 1 fully saturated rings. The molecule has 0 aliphatic carbocycles. The Kier molecular flexibility index (Phi) is 3.29. The summed E-state index contributed by atoms with van der Waals surface area (Å²) in [4.78, 5) is 21.8. The van der Waals surface area contributed by atoms with Crippen LogP contribution in [-0.2, 0) is 13.9 Å². The summed E-state index contributed by atoms with van der Waals surface area (Å²) in [5, 5.41) is 4.53. The van der Waals surface area contributed by atoms with Crippen molar-refractivity contribution < 1.29 is 18.7 Å². The fraction of sp³-hybridized carbons (Fsp3) is 0.714. The summed E-state index contributed by atoms with van der Waals surface area (Å²) in [6, 6.07) is -1.07. The molecule has 2 unspecified atom stereocenters. The van der Waals surface area contributed by atoms with E-state index in [-0.39, 0.29) is 12.1 Å². The molecule has 1 saturated heterocycles. The first-order valence-electron chi connectivity index (χ1n) is 4.18. The van der Waals surface area contributed by atoms with Crippen LogP contribution in [0.4, 0.5) is 4.79 Å². The highest BCUT2D eigenvalue weighted by atomic mass is 31.2. The summed E-state index contributed by atoms with van der Waals surface area (Å²) in [6.45, 7) is 1.50. The van der Waals surface area contributed by atoms with Crippen LogP contribution in [0.1, 0.15) is 6.42 Å². The van der Waals surface area contributed by atoms with Crippen molar-refractivity contribution in [2.45, 2.75) is 12.5 Å². The van der Waals surface area contributed by atoms with Crippen molar-refractivity contribution in [1.29, 1.82) is 0 Å². The maximum absolute atomic E-state index is 11.5. The van der Waals surface area contributed by atoms with Crippen LogP contribution in [0.15, 0.2) is 0 Å². The van der Waals surface area contributed by atoms with E-state index in [0.29, 0.717) is 6.42 Å². The van der Waals surface area contributed by atoms with Gasteiger partial charge in [0.2, 0.25) is 0 Å². The Morgan fingerprint density at radius 3 is 2.57 bits per heavy atom. The Balaban J connectivity index is 2.43. The van der Waals surface area contributed by atoms with E-state index in [2.05, 4.69) is 10.6 Å². The van der Waals surface area contributed by atoms with E-state index in [0.717, 1.165) is 0 Å². The molecule has 6 nitrogen and oxygen atoms in total. The fourth-order valence-corrected chi connectivity index (χ4v) is 2.03. The van der Waals surface area contributed by atoms with E-state index in [1.165, 1.54) is 13.8 Å². The molecule has 1 aliphatic heterocycles. The van der Waals surface area contributed by atoms with Crippen LogP contribution in [-0.4, -0.2) is 37.9 Å². The van der Waals surface area contributed by atoms with Gasteiger partial charge < -0.3 is 9.84 Å². The molecule has 1 rings (SSSR count). The van der Waals surface area contributed by atoms with Crippen molar-refractivity contribution >= 4 is 19.3 Å². The third kappa shape index (κ3) is 2.82. The number of imide groups is 1. The Morgan fingerprint density at radius 1 is 1.50 bits per heavy atom. The average molecular weight is 220 g/mol. The third-order valence-corrected chi connectivity index (χ3v) is 3.91. The lowest BCUT2D eigenvalue weighted by molar-refractivity contribution is -0.120. The smallest absolute Gasteiger partial charge is 0.322 e. The number of urea groups is 1. The minimum atomic E-state index is -2.60. The van der Waals surface area contributed by atoms with E-state index in [9.17, 15) is 14.2 Å². The zero-order chi connectivity index (χ0) is 10.8. The number of amides is 3. The lowest BCUT2D eigenvalue weighted by Crippen LogP contribution is -2.29. The predicted octanol–water partition coefficient (Wildman–Crippen LogP) is 0.139. The molecule has 2 N–H and O–H groups in total. The topological polar surface area (TPSA) is 84.5 Å². The first kappa shape index (κ1) is 11.2. The third-order valence-electron chi connectivity index (χ3n) is 2.07. The minimum Gasteiger partial charge on any atom is -0.332 e. The van der Waals surface area contributed by atoms with Crippen molar-refractivity contribution in [2.75, 3.05) is 19.9 Å². The highest BCUT2D eigenvalue weighted by Crippen LogP contribution is 2.42. The Labute approximate surface area is 81.8 Å². The van der Waals surface area contributed by atoms with Crippen molar-refractivity contribution in [3.8, 4) is 0 Å². The van der Waals surface area contributed by atoms with Gasteiger partial charge in [0.05, 0.1) is 0 Å². The normalized spacial score (nSPS) is 25.4. The van der Waals surface area contributed by atoms with Gasteiger partial charge in [0.1, 0.15) is 6.04 Å². The molecule has 14 heavy (non-hydrogen) atoms. The van der Waals surface area contributed by atoms with Gasteiger partial charge >= 0.3 is 6.03 Å². The molecule has 2 atom stereocenters. The standard InChI is InChI=1S/C7H13N2O4P/c1-13-14(2,12)4-3-5-6(10)9-7(11)8-5/h5H,3-4H2,1-2H3,(H2,8,9,10,11). The monoisotopic (exact) mass is 220 g/mol. The summed E-state index contributed by atoms with van der Waals surface area (Å²) in [7, 11) is -1.23. The molecule has 1 aliphatic rings.